The molecule has 5 rings (SSSR count). The van der Waals surface area contributed by atoms with Crippen LogP contribution in [-0.2, 0) is 4.79 Å². The fraction of sp³-hybridized carbons (Fsp3) is 0.147. The first-order valence-corrected chi connectivity index (χ1v) is 15.2. The molecule has 0 aliphatic heterocycles. The second kappa shape index (κ2) is 13.6. The van der Waals surface area contributed by atoms with Crippen molar-refractivity contribution < 1.29 is 19.1 Å². The summed E-state index contributed by atoms with van der Waals surface area (Å²) in [6, 6.07) is 30.4. The number of nitrogens with zero attached hydrogens (tertiary/aromatic N) is 1. The summed E-state index contributed by atoms with van der Waals surface area (Å²) >= 11 is 2.89. The minimum Gasteiger partial charge on any atom is -0.496 e. The summed E-state index contributed by atoms with van der Waals surface area (Å²) in [5.41, 5.74) is 4.86. The van der Waals surface area contributed by atoms with Crippen LogP contribution in [0.3, 0.4) is 0 Å². The Morgan fingerprint density at radius 3 is 2.07 bits per heavy atom. The third kappa shape index (κ3) is 7.07. The fourth-order valence-electron chi connectivity index (χ4n) is 4.52. The van der Waals surface area contributed by atoms with Crippen LogP contribution in [-0.4, -0.2) is 31.0 Å². The van der Waals surface area contributed by atoms with E-state index >= 15 is 0 Å². The molecule has 1 unspecified atom stereocenters. The third-order valence-electron chi connectivity index (χ3n) is 6.71. The Morgan fingerprint density at radius 2 is 1.44 bits per heavy atom. The number of aryl methyl sites for hydroxylation is 2. The number of thioether (sulfide) groups is 1. The first-order chi connectivity index (χ1) is 20.9. The van der Waals surface area contributed by atoms with Gasteiger partial charge in [0.05, 0.1) is 19.9 Å². The molecule has 0 spiro atoms. The molecular weight excluding hydrogens is 579 g/mol. The average Bonchev–Trinajstić information content (AvgIpc) is 3.40. The van der Waals surface area contributed by atoms with Crippen LogP contribution in [0.2, 0.25) is 0 Å². The quantitative estimate of drug-likeness (QED) is 0.155. The molecule has 218 valence electrons. The summed E-state index contributed by atoms with van der Waals surface area (Å²) < 4.78 is 10.7. The van der Waals surface area contributed by atoms with E-state index < -0.39 is 5.25 Å². The maximum atomic E-state index is 13.7. The Hall–Kier alpha value is -4.60. The number of benzene rings is 4. The lowest BCUT2D eigenvalue weighted by molar-refractivity contribution is -0.115. The molecule has 0 aliphatic rings. The van der Waals surface area contributed by atoms with Crippen LogP contribution in [0.4, 0.5) is 10.8 Å². The lowest BCUT2D eigenvalue weighted by Crippen LogP contribution is -2.19. The van der Waals surface area contributed by atoms with Crippen LogP contribution >= 0.6 is 23.1 Å². The summed E-state index contributed by atoms with van der Waals surface area (Å²) in [6.07, 6.45) is 0. The molecule has 2 N–H and O–H groups in total. The van der Waals surface area contributed by atoms with Crippen molar-refractivity contribution in [2.24, 2.45) is 0 Å². The molecule has 5 aromatic rings. The molecule has 1 aromatic heterocycles. The van der Waals surface area contributed by atoms with Crippen molar-refractivity contribution in [3.8, 4) is 22.8 Å². The zero-order valence-electron chi connectivity index (χ0n) is 24.2. The van der Waals surface area contributed by atoms with Gasteiger partial charge in [-0.2, -0.15) is 0 Å². The highest BCUT2D eigenvalue weighted by atomic mass is 32.2. The normalized spacial score (nSPS) is 11.4. The molecule has 0 radical (unpaired) electrons. The summed E-state index contributed by atoms with van der Waals surface area (Å²) in [4.78, 5) is 33.4. The van der Waals surface area contributed by atoms with Gasteiger partial charge in [-0.25, -0.2) is 4.98 Å². The number of carbonyl (C=O) groups excluding carboxylic acids is 2. The lowest BCUT2D eigenvalue weighted by Gasteiger charge is -2.17. The van der Waals surface area contributed by atoms with Crippen molar-refractivity contribution in [2.45, 2.75) is 24.0 Å². The van der Waals surface area contributed by atoms with E-state index in [9.17, 15) is 9.59 Å². The van der Waals surface area contributed by atoms with Gasteiger partial charge in [-0.05, 0) is 55.8 Å². The van der Waals surface area contributed by atoms with Gasteiger partial charge in [0, 0.05) is 21.0 Å². The van der Waals surface area contributed by atoms with Gasteiger partial charge < -0.3 is 20.1 Å². The van der Waals surface area contributed by atoms with Crippen molar-refractivity contribution in [3.05, 3.63) is 119 Å². The van der Waals surface area contributed by atoms with Gasteiger partial charge in [0.2, 0.25) is 5.91 Å². The minimum absolute atomic E-state index is 0.166. The molecule has 0 aliphatic carbocycles. The van der Waals surface area contributed by atoms with Crippen molar-refractivity contribution in [2.75, 3.05) is 24.9 Å². The second-order valence-corrected chi connectivity index (χ2v) is 12.1. The Balaban J connectivity index is 1.32. The maximum Gasteiger partial charge on any atom is 0.263 e. The topological polar surface area (TPSA) is 89.5 Å². The van der Waals surface area contributed by atoms with E-state index in [4.69, 9.17) is 14.5 Å². The molecule has 1 heterocycles. The average molecular weight is 610 g/mol. The zero-order valence-corrected chi connectivity index (χ0v) is 25.8. The SMILES string of the molecule is COc1cccc(OC)c1C(=O)Nc1ccc(SC(C(=O)Nc2nc(-c3ccc(C)cc3)c(C)s2)c2ccccc2)cc1. The number of anilines is 2. The highest BCUT2D eigenvalue weighted by Crippen LogP contribution is 2.38. The van der Waals surface area contributed by atoms with E-state index in [0.717, 1.165) is 26.6 Å². The van der Waals surface area contributed by atoms with Crippen LogP contribution in [0.1, 0.15) is 31.6 Å². The molecule has 0 saturated carbocycles. The summed E-state index contributed by atoms with van der Waals surface area (Å²) in [6.45, 7) is 4.06. The standard InChI is InChI=1S/C34H31N3O4S2/c1-21-13-15-23(16-14-21)30-22(2)42-34(36-30)37-33(39)31(24-9-6-5-7-10-24)43-26-19-17-25(18-20-26)35-32(38)29-27(40-3)11-8-12-28(29)41-4/h5-20,31H,1-4H3,(H,35,38)(H,36,37,39). The van der Waals surface area contributed by atoms with Crippen LogP contribution < -0.4 is 20.1 Å². The number of ether oxygens (including phenoxy) is 2. The number of nitrogens with one attached hydrogen (secondary N) is 2. The molecular formula is C34H31N3O4S2. The van der Waals surface area contributed by atoms with Crippen molar-refractivity contribution >= 4 is 45.7 Å². The molecule has 9 heteroatoms. The van der Waals surface area contributed by atoms with E-state index in [0.29, 0.717) is 27.9 Å². The Bertz CT molecular complexity index is 1700. The van der Waals surface area contributed by atoms with Crippen LogP contribution in [0.15, 0.2) is 102 Å². The van der Waals surface area contributed by atoms with Gasteiger partial charge >= 0.3 is 0 Å². The first kappa shape index (κ1) is 29.9. The van der Waals surface area contributed by atoms with Gasteiger partial charge in [-0.1, -0.05) is 66.2 Å². The van der Waals surface area contributed by atoms with E-state index in [1.165, 1.54) is 42.9 Å². The van der Waals surface area contributed by atoms with Gasteiger partial charge in [-0.15, -0.1) is 23.1 Å². The number of methoxy groups -OCH3 is 2. The smallest absolute Gasteiger partial charge is 0.263 e. The van der Waals surface area contributed by atoms with Gasteiger partial charge in [0.1, 0.15) is 22.3 Å². The summed E-state index contributed by atoms with van der Waals surface area (Å²) in [5, 5.41) is 5.99. The molecule has 4 aromatic carbocycles. The zero-order chi connectivity index (χ0) is 30.3. The molecule has 1 atom stereocenters. The monoisotopic (exact) mass is 609 g/mol. The van der Waals surface area contributed by atoms with Crippen molar-refractivity contribution in [1.29, 1.82) is 0 Å². The summed E-state index contributed by atoms with van der Waals surface area (Å²) in [5.74, 6) is 0.324. The van der Waals surface area contributed by atoms with Crippen molar-refractivity contribution in [1.82, 2.24) is 4.98 Å². The molecule has 0 fully saturated rings. The van der Waals surface area contributed by atoms with Gasteiger partial charge in [0.25, 0.3) is 5.91 Å². The minimum atomic E-state index is -0.522. The second-order valence-electron chi connectivity index (χ2n) is 9.70. The van der Waals surface area contributed by atoms with Gasteiger partial charge in [-0.3, -0.25) is 9.59 Å². The van der Waals surface area contributed by atoms with E-state index in [1.807, 2.05) is 68.4 Å². The number of hydrogen-bond acceptors (Lipinski definition) is 7. The Morgan fingerprint density at radius 1 is 0.791 bits per heavy atom. The van der Waals surface area contributed by atoms with Crippen LogP contribution in [0.5, 0.6) is 11.5 Å². The number of thiazole rings is 1. The predicted molar refractivity (Wildman–Crippen MR) is 175 cm³/mol. The fourth-order valence-corrected chi connectivity index (χ4v) is 6.39. The Labute approximate surface area is 259 Å². The van der Waals surface area contributed by atoms with Crippen molar-refractivity contribution in [3.63, 3.8) is 0 Å². The summed E-state index contributed by atoms with van der Waals surface area (Å²) in [7, 11) is 3.02. The van der Waals surface area contributed by atoms with Gasteiger partial charge in [0.15, 0.2) is 5.13 Å². The number of amides is 2. The van der Waals surface area contributed by atoms with Crippen LogP contribution in [0.25, 0.3) is 11.3 Å². The number of rotatable bonds is 10. The van der Waals surface area contributed by atoms with E-state index in [-0.39, 0.29) is 11.8 Å². The molecule has 0 saturated heterocycles. The number of hydrogen-bond donors (Lipinski definition) is 2. The number of aromatic nitrogens is 1. The highest BCUT2D eigenvalue weighted by molar-refractivity contribution is 8.00. The maximum absolute atomic E-state index is 13.7. The van der Waals surface area contributed by atoms with E-state index in [1.54, 1.807) is 30.3 Å². The highest BCUT2D eigenvalue weighted by Gasteiger charge is 2.24. The molecule has 0 bridgehead atoms. The van der Waals surface area contributed by atoms with E-state index in [2.05, 4.69) is 22.8 Å². The largest absolute Gasteiger partial charge is 0.496 e. The molecule has 2 amide bonds. The third-order valence-corrected chi connectivity index (χ3v) is 8.87. The predicted octanol–water partition coefficient (Wildman–Crippen LogP) is 8.17. The first-order valence-electron chi connectivity index (χ1n) is 13.6. The molecule has 43 heavy (non-hydrogen) atoms. The Kier molecular flexibility index (Phi) is 9.44. The number of carbonyl (C=O) groups is 2. The van der Waals surface area contributed by atoms with Crippen LogP contribution in [0, 0.1) is 13.8 Å². The lowest BCUT2D eigenvalue weighted by atomic mass is 10.1. The molecule has 7 nitrogen and oxygen atoms in total.